The van der Waals surface area contributed by atoms with Gasteiger partial charge in [-0.3, -0.25) is 4.79 Å². The van der Waals surface area contributed by atoms with Gasteiger partial charge in [0.2, 0.25) is 5.91 Å². The van der Waals surface area contributed by atoms with Gasteiger partial charge in [-0.25, -0.2) is 0 Å². The van der Waals surface area contributed by atoms with Crippen LogP contribution in [0.25, 0.3) is 0 Å². The van der Waals surface area contributed by atoms with Crippen molar-refractivity contribution in [3.63, 3.8) is 0 Å². The Morgan fingerprint density at radius 3 is 2.74 bits per heavy atom. The van der Waals surface area contributed by atoms with E-state index in [-0.39, 0.29) is 18.4 Å². The summed E-state index contributed by atoms with van der Waals surface area (Å²) < 4.78 is 37.8. The lowest BCUT2D eigenvalue weighted by Gasteiger charge is -2.19. The van der Waals surface area contributed by atoms with Gasteiger partial charge in [-0.15, -0.1) is 0 Å². The zero-order valence-electron chi connectivity index (χ0n) is 12.6. The molecule has 2 aliphatic rings. The molecular formula is C18H18F3NO. The van der Waals surface area contributed by atoms with Gasteiger partial charge in [0.05, 0.1) is 12.1 Å². The molecule has 1 aromatic carbocycles. The first-order chi connectivity index (χ1) is 10.9. The Balaban J connectivity index is 1.53. The van der Waals surface area contributed by atoms with E-state index in [1.165, 1.54) is 18.6 Å². The molecule has 1 aromatic rings. The lowest BCUT2D eigenvalue weighted by molar-refractivity contribution is -0.137. The van der Waals surface area contributed by atoms with Crippen LogP contribution in [0.4, 0.5) is 13.2 Å². The molecule has 1 N–H and O–H groups in total. The topological polar surface area (TPSA) is 29.1 Å². The third-order valence-electron chi connectivity index (χ3n) is 4.85. The predicted octanol–water partition coefficient (Wildman–Crippen LogP) is 3.61. The molecule has 2 saturated carbocycles. The summed E-state index contributed by atoms with van der Waals surface area (Å²) in [5.74, 6) is 6.75. The summed E-state index contributed by atoms with van der Waals surface area (Å²) in [7, 11) is 0. The minimum atomic E-state index is -4.37. The van der Waals surface area contributed by atoms with Crippen LogP contribution in [-0.4, -0.2) is 12.5 Å². The molecule has 0 aromatic heterocycles. The fraction of sp³-hybridized carbons (Fsp3) is 0.500. The smallest absolute Gasteiger partial charge is 0.345 e. The van der Waals surface area contributed by atoms with Crippen molar-refractivity contribution in [3.05, 3.63) is 35.4 Å². The number of carbonyl (C=O) groups is 1. The van der Waals surface area contributed by atoms with Crippen molar-refractivity contribution in [1.29, 1.82) is 0 Å². The Hall–Kier alpha value is -1.96. The number of alkyl halides is 3. The minimum absolute atomic E-state index is 0.0375. The average Bonchev–Trinajstić information content (AvgIpc) is 3.14. The van der Waals surface area contributed by atoms with Gasteiger partial charge >= 0.3 is 6.18 Å². The molecule has 0 radical (unpaired) electrons. The normalized spacial score (nSPS) is 25.8. The number of carbonyl (C=O) groups excluding carboxylic acids is 1. The van der Waals surface area contributed by atoms with E-state index in [0.29, 0.717) is 17.4 Å². The second kappa shape index (κ2) is 6.27. The SMILES string of the molecule is O=C(NCC#Cc1cccc(C(F)(F)F)c1)[C@H]1C[C@H]2CC[C@@H]1C2. The number of hydrogen-bond acceptors (Lipinski definition) is 1. The second-order valence-corrected chi connectivity index (χ2v) is 6.38. The first-order valence-electron chi connectivity index (χ1n) is 7.87. The van der Waals surface area contributed by atoms with Crippen molar-refractivity contribution in [2.75, 3.05) is 6.54 Å². The molecular weight excluding hydrogens is 303 g/mol. The van der Waals surface area contributed by atoms with E-state index in [0.717, 1.165) is 31.4 Å². The minimum Gasteiger partial charge on any atom is -0.345 e. The van der Waals surface area contributed by atoms with Crippen molar-refractivity contribution >= 4 is 5.91 Å². The van der Waals surface area contributed by atoms with Crippen LogP contribution in [0, 0.1) is 29.6 Å². The quantitative estimate of drug-likeness (QED) is 0.829. The van der Waals surface area contributed by atoms with Crippen molar-refractivity contribution in [2.24, 2.45) is 17.8 Å². The molecule has 0 unspecified atom stereocenters. The number of halogens is 3. The van der Waals surface area contributed by atoms with Crippen molar-refractivity contribution < 1.29 is 18.0 Å². The van der Waals surface area contributed by atoms with Crippen LogP contribution in [0.5, 0.6) is 0 Å². The van der Waals surface area contributed by atoms with Gasteiger partial charge in [0, 0.05) is 11.5 Å². The summed E-state index contributed by atoms with van der Waals surface area (Å²) in [5, 5.41) is 2.79. The number of fused-ring (bicyclic) bond motifs is 2. The third-order valence-corrected chi connectivity index (χ3v) is 4.85. The van der Waals surface area contributed by atoms with E-state index in [9.17, 15) is 18.0 Å². The molecule has 1 amide bonds. The zero-order valence-corrected chi connectivity index (χ0v) is 12.6. The number of nitrogens with one attached hydrogen (secondary N) is 1. The molecule has 3 rings (SSSR count). The molecule has 2 aliphatic carbocycles. The molecule has 0 spiro atoms. The molecule has 0 saturated heterocycles. The van der Waals surface area contributed by atoms with Crippen LogP contribution in [0.3, 0.4) is 0 Å². The van der Waals surface area contributed by atoms with Gasteiger partial charge in [0.1, 0.15) is 0 Å². The highest BCUT2D eigenvalue weighted by Gasteiger charge is 2.42. The maximum Gasteiger partial charge on any atom is 0.416 e. The molecule has 23 heavy (non-hydrogen) atoms. The van der Waals surface area contributed by atoms with E-state index < -0.39 is 11.7 Å². The van der Waals surface area contributed by atoms with Crippen LogP contribution >= 0.6 is 0 Å². The Morgan fingerprint density at radius 2 is 2.09 bits per heavy atom. The Labute approximate surface area is 133 Å². The highest BCUT2D eigenvalue weighted by atomic mass is 19.4. The van der Waals surface area contributed by atoms with E-state index in [1.54, 1.807) is 0 Å². The fourth-order valence-electron chi connectivity index (χ4n) is 3.75. The summed E-state index contributed by atoms with van der Waals surface area (Å²) >= 11 is 0. The Morgan fingerprint density at radius 1 is 1.26 bits per heavy atom. The van der Waals surface area contributed by atoms with Crippen LogP contribution in [0.15, 0.2) is 24.3 Å². The number of rotatable bonds is 2. The Kier molecular flexibility index (Phi) is 4.34. The molecule has 0 aliphatic heterocycles. The summed E-state index contributed by atoms with van der Waals surface area (Å²) in [4.78, 5) is 12.1. The van der Waals surface area contributed by atoms with E-state index >= 15 is 0 Å². The number of benzene rings is 1. The molecule has 122 valence electrons. The summed E-state index contributed by atoms with van der Waals surface area (Å²) in [6, 6.07) is 4.90. The highest BCUT2D eigenvalue weighted by molar-refractivity contribution is 5.79. The lowest BCUT2D eigenvalue weighted by Crippen LogP contribution is -2.33. The predicted molar refractivity (Wildman–Crippen MR) is 80.3 cm³/mol. The fourth-order valence-corrected chi connectivity index (χ4v) is 3.75. The van der Waals surface area contributed by atoms with E-state index in [2.05, 4.69) is 17.2 Å². The van der Waals surface area contributed by atoms with Gasteiger partial charge in [-0.1, -0.05) is 24.3 Å². The van der Waals surface area contributed by atoms with Crippen LogP contribution in [0.1, 0.15) is 36.8 Å². The molecule has 3 atom stereocenters. The van der Waals surface area contributed by atoms with Gasteiger partial charge < -0.3 is 5.32 Å². The number of amides is 1. The van der Waals surface area contributed by atoms with Gasteiger partial charge in [-0.2, -0.15) is 13.2 Å². The van der Waals surface area contributed by atoms with Crippen LogP contribution in [-0.2, 0) is 11.0 Å². The lowest BCUT2D eigenvalue weighted by atomic mass is 9.88. The maximum absolute atomic E-state index is 12.6. The highest BCUT2D eigenvalue weighted by Crippen LogP contribution is 2.48. The molecule has 0 heterocycles. The molecule has 2 fully saturated rings. The monoisotopic (exact) mass is 321 g/mol. The van der Waals surface area contributed by atoms with Crippen LogP contribution in [0.2, 0.25) is 0 Å². The largest absolute Gasteiger partial charge is 0.416 e. The summed E-state index contributed by atoms with van der Waals surface area (Å²) in [6.07, 6.45) is 0.141. The molecule has 5 heteroatoms. The maximum atomic E-state index is 12.6. The van der Waals surface area contributed by atoms with Crippen molar-refractivity contribution in [1.82, 2.24) is 5.32 Å². The summed E-state index contributed by atoms with van der Waals surface area (Å²) in [5.41, 5.74) is -0.413. The Bertz CT molecular complexity index is 656. The van der Waals surface area contributed by atoms with E-state index in [1.807, 2.05) is 0 Å². The van der Waals surface area contributed by atoms with Crippen LogP contribution < -0.4 is 5.32 Å². The average molecular weight is 321 g/mol. The first-order valence-corrected chi connectivity index (χ1v) is 7.87. The zero-order chi connectivity index (χ0) is 16.4. The summed E-state index contributed by atoms with van der Waals surface area (Å²) in [6.45, 7) is 0.170. The second-order valence-electron chi connectivity index (χ2n) is 6.38. The van der Waals surface area contributed by atoms with Gasteiger partial charge in [-0.05, 0) is 49.3 Å². The van der Waals surface area contributed by atoms with Crippen molar-refractivity contribution in [3.8, 4) is 11.8 Å². The standard InChI is InChI=1S/C18H18F3NO/c19-18(20,21)15-5-1-3-12(10-15)4-2-8-22-17(23)16-11-13-6-7-14(16)9-13/h1,3,5,10,13-14,16H,6-9,11H2,(H,22,23)/t13-,14+,16-/m0/s1. The van der Waals surface area contributed by atoms with Gasteiger partial charge in [0.25, 0.3) is 0 Å². The molecule has 2 nitrogen and oxygen atoms in total. The van der Waals surface area contributed by atoms with Gasteiger partial charge in [0.15, 0.2) is 0 Å². The first kappa shape index (κ1) is 15.9. The third kappa shape index (κ3) is 3.69. The van der Waals surface area contributed by atoms with Crippen molar-refractivity contribution in [2.45, 2.75) is 31.9 Å². The van der Waals surface area contributed by atoms with E-state index in [4.69, 9.17) is 0 Å². The number of hydrogen-bond donors (Lipinski definition) is 1. The molecule has 2 bridgehead atoms.